The van der Waals surface area contributed by atoms with E-state index in [2.05, 4.69) is 21.6 Å². The fourth-order valence-corrected chi connectivity index (χ4v) is 3.79. The van der Waals surface area contributed by atoms with Gasteiger partial charge in [0.2, 0.25) is 5.91 Å². The fraction of sp³-hybridized carbons (Fsp3) is 0.136. The number of carbonyl (C=O) groups is 1. The van der Waals surface area contributed by atoms with Gasteiger partial charge in [0, 0.05) is 7.05 Å². The number of hydrogen-bond donors (Lipinski definition) is 1. The van der Waals surface area contributed by atoms with Gasteiger partial charge in [0.1, 0.15) is 12.4 Å². The molecule has 1 heterocycles. The zero-order valence-corrected chi connectivity index (χ0v) is 17.8. The van der Waals surface area contributed by atoms with Crippen LogP contribution in [0.5, 0.6) is 5.75 Å². The Morgan fingerprint density at radius 1 is 1.07 bits per heavy atom. The number of carbonyl (C=O) groups excluding carboxylic acids is 1. The van der Waals surface area contributed by atoms with Gasteiger partial charge in [-0.15, -0.1) is 10.2 Å². The van der Waals surface area contributed by atoms with E-state index in [4.69, 9.17) is 16.3 Å². The summed E-state index contributed by atoms with van der Waals surface area (Å²) in [6.07, 6.45) is 0. The van der Waals surface area contributed by atoms with Gasteiger partial charge in [0.05, 0.1) is 16.5 Å². The van der Waals surface area contributed by atoms with Crippen LogP contribution in [0, 0.1) is 0 Å². The van der Waals surface area contributed by atoms with Gasteiger partial charge in [-0.05, 0) is 35.0 Å². The van der Waals surface area contributed by atoms with Crippen LogP contribution in [0.25, 0.3) is 10.8 Å². The van der Waals surface area contributed by atoms with E-state index in [1.807, 2.05) is 60.1 Å². The van der Waals surface area contributed by atoms with Crippen molar-refractivity contribution in [1.29, 1.82) is 0 Å². The Morgan fingerprint density at radius 3 is 2.67 bits per heavy atom. The first-order valence-electron chi connectivity index (χ1n) is 9.27. The summed E-state index contributed by atoms with van der Waals surface area (Å²) in [7, 11) is 1.85. The molecule has 3 aromatic carbocycles. The summed E-state index contributed by atoms with van der Waals surface area (Å²) in [6, 6.07) is 21.2. The minimum atomic E-state index is -0.162. The zero-order valence-electron chi connectivity index (χ0n) is 16.2. The number of amides is 1. The quantitative estimate of drug-likeness (QED) is 0.414. The van der Waals surface area contributed by atoms with Crippen LogP contribution in [0.1, 0.15) is 5.82 Å². The van der Waals surface area contributed by atoms with E-state index in [0.29, 0.717) is 21.7 Å². The smallest absolute Gasteiger partial charge is 0.234 e. The number of para-hydroxylation sites is 1. The van der Waals surface area contributed by atoms with E-state index < -0.39 is 0 Å². The lowest BCUT2D eigenvalue weighted by Gasteiger charge is -2.08. The van der Waals surface area contributed by atoms with E-state index in [0.717, 1.165) is 16.5 Å². The van der Waals surface area contributed by atoms with Crippen LogP contribution >= 0.6 is 23.4 Å². The third-order valence-electron chi connectivity index (χ3n) is 4.49. The number of fused-ring (bicyclic) bond motifs is 1. The summed E-state index contributed by atoms with van der Waals surface area (Å²) >= 11 is 7.37. The molecule has 0 aliphatic heterocycles. The molecule has 4 rings (SSSR count). The summed E-state index contributed by atoms with van der Waals surface area (Å²) in [5.41, 5.74) is 0.590. The first-order chi connectivity index (χ1) is 14.6. The number of anilines is 1. The molecule has 6 nitrogen and oxygen atoms in total. The number of aromatic nitrogens is 3. The van der Waals surface area contributed by atoms with Crippen molar-refractivity contribution >= 4 is 45.7 Å². The molecule has 1 aromatic heterocycles. The molecule has 0 radical (unpaired) electrons. The molecule has 0 unspecified atom stereocenters. The molecule has 1 amide bonds. The maximum Gasteiger partial charge on any atom is 0.234 e. The predicted molar refractivity (Wildman–Crippen MR) is 120 cm³/mol. The lowest BCUT2D eigenvalue weighted by Crippen LogP contribution is -2.14. The predicted octanol–water partition coefficient (Wildman–Crippen LogP) is 4.93. The maximum absolute atomic E-state index is 12.2. The number of ether oxygens (including phenoxy) is 1. The van der Waals surface area contributed by atoms with Crippen LogP contribution in [0.4, 0.5) is 5.69 Å². The average Bonchev–Trinajstić information content (AvgIpc) is 3.11. The first-order valence-corrected chi connectivity index (χ1v) is 10.6. The number of halogens is 1. The van der Waals surface area contributed by atoms with E-state index in [9.17, 15) is 4.79 Å². The highest BCUT2D eigenvalue weighted by molar-refractivity contribution is 7.99. The molecule has 152 valence electrons. The normalized spacial score (nSPS) is 10.9. The molecule has 0 saturated heterocycles. The summed E-state index contributed by atoms with van der Waals surface area (Å²) < 4.78 is 7.71. The Morgan fingerprint density at radius 2 is 1.83 bits per heavy atom. The third-order valence-corrected chi connectivity index (χ3v) is 5.84. The van der Waals surface area contributed by atoms with Crippen molar-refractivity contribution < 1.29 is 9.53 Å². The molecule has 0 spiro atoms. The molecule has 0 aliphatic rings. The highest BCUT2D eigenvalue weighted by atomic mass is 35.5. The van der Waals surface area contributed by atoms with Crippen molar-refractivity contribution in [3.8, 4) is 5.75 Å². The van der Waals surface area contributed by atoms with Crippen molar-refractivity contribution in [2.75, 3.05) is 11.1 Å². The second kappa shape index (κ2) is 9.19. The fourth-order valence-electron chi connectivity index (χ4n) is 2.88. The van der Waals surface area contributed by atoms with Crippen LogP contribution in [-0.2, 0) is 18.4 Å². The molecule has 0 bridgehead atoms. The Labute approximate surface area is 183 Å². The average molecular weight is 439 g/mol. The SMILES string of the molecule is Cn1c(COc2ccc3ccccc3c2)nnc1SCC(=O)Nc1ccccc1Cl. The van der Waals surface area contributed by atoms with E-state index >= 15 is 0 Å². The van der Waals surface area contributed by atoms with Gasteiger partial charge in [-0.3, -0.25) is 4.79 Å². The molecule has 4 aromatic rings. The van der Waals surface area contributed by atoms with Crippen LogP contribution in [-0.4, -0.2) is 26.4 Å². The minimum absolute atomic E-state index is 0.162. The molecule has 1 N–H and O–H groups in total. The van der Waals surface area contributed by atoms with Crippen molar-refractivity contribution in [3.05, 3.63) is 77.6 Å². The molecular weight excluding hydrogens is 420 g/mol. The van der Waals surface area contributed by atoms with Crippen LogP contribution in [0.2, 0.25) is 5.02 Å². The van der Waals surface area contributed by atoms with Gasteiger partial charge < -0.3 is 14.6 Å². The number of benzene rings is 3. The number of hydrogen-bond acceptors (Lipinski definition) is 5. The number of rotatable bonds is 7. The van der Waals surface area contributed by atoms with Crippen molar-refractivity contribution in [2.24, 2.45) is 7.05 Å². The lowest BCUT2D eigenvalue weighted by atomic mass is 10.1. The van der Waals surface area contributed by atoms with Gasteiger partial charge in [-0.1, -0.05) is 65.8 Å². The Hall–Kier alpha value is -3.03. The third kappa shape index (κ3) is 4.75. The standard InChI is InChI=1S/C22H19ClN4O2S/c1-27-20(13-29-17-11-10-15-6-2-3-7-16(15)12-17)25-26-22(27)30-14-21(28)24-19-9-5-4-8-18(19)23/h2-12H,13-14H2,1H3,(H,24,28). The largest absolute Gasteiger partial charge is 0.486 e. The maximum atomic E-state index is 12.2. The van der Waals surface area contributed by atoms with E-state index in [1.165, 1.54) is 11.8 Å². The molecule has 30 heavy (non-hydrogen) atoms. The Balaban J connectivity index is 1.34. The number of nitrogens with one attached hydrogen (secondary N) is 1. The topological polar surface area (TPSA) is 69.0 Å². The second-order valence-corrected chi connectivity index (χ2v) is 7.92. The zero-order chi connectivity index (χ0) is 20.9. The minimum Gasteiger partial charge on any atom is -0.486 e. The van der Waals surface area contributed by atoms with Crippen LogP contribution in [0.15, 0.2) is 71.9 Å². The number of nitrogens with zero attached hydrogens (tertiary/aromatic N) is 3. The highest BCUT2D eigenvalue weighted by Gasteiger charge is 2.13. The summed E-state index contributed by atoms with van der Waals surface area (Å²) in [5, 5.41) is 14.6. The monoisotopic (exact) mass is 438 g/mol. The Kier molecular flexibility index (Phi) is 6.21. The Bertz CT molecular complexity index is 1190. The van der Waals surface area contributed by atoms with Gasteiger partial charge in [0.25, 0.3) is 0 Å². The summed E-state index contributed by atoms with van der Waals surface area (Å²) in [6.45, 7) is 0.286. The van der Waals surface area contributed by atoms with Crippen LogP contribution in [0.3, 0.4) is 0 Å². The van der Waals surface area contributed by atoms with Gasteiger partial charge in [-0.2, -0.15) is 0 Å². The van der Waals surface area contributed by atoms with Crippen molar-refractivity contribution in [2.45, 2.75) is 11.8 Å². The van der Waals surface area contributed by atoms with E-state index in [-0.39, 0.29) is 18.3 Å². The molecule has 0 saturated carbocycles. The first kappa shape index (κ1) is 20.3. The van der Waals surface area contributed by atoms with Crippen molar-refractivity contribution in [3.63, 3.8) is 0 Å². The number of thioether (sulfide) groups is 1. The van der Waals surface area contributed by atoms with Crippen molar-refractivity contribution in [1.82, 2.24) is 14.8 Å². The van der Waals surface area contributed by atoms with Gasteiger partial charge in [0.15, 0.2) is 11.0 Å². The van der Waals surface area contributed by atoms with Crippen LogP contribution < -0.4 is 10.1 Å². The van der Waals surface area contributed by atoms with Gasteiger partial charge >= 0.3 is 0 Å². The van der Waals surface area contributed by atoms with E-state index in [1.54, 1.807) is 12.1 Å². The highest BCUT2D eigenvalue weighted by Crippen LogP contribution is 2.23. The summed E-state index contributed by atoms with van der Waals surface area (Å²) in [4.78, 5) is 12.2. The molecule has 0 aliphatic carbocycles. The van der Waals surface area contributed by atoms with Gasteiger partial charge in [-0.25, -0.2) is 0 Å². The molecular formula is C22H19ClN4O2S. The lowest BCUT2D eigenvalue weighted by molar-refractivity contribution is -0.113. The molecule has 8 heteroatoms. The summed E-state index contributed by atoms with van der Waals surface area (Å²) in [5.74, 6) is 1.48. The second-order valence-electron chi connectivity index (χ2n) is 6.57. The molecule has 0 fully saturated rings. The molecule has 0 atom stereocenters.